The highest BCUT2D eigenvalue weighted by Crippen LogP contribution is 2.71. The third kappa shape index (κ3) is 3.64. The topological polar surface area (TPSA) is 0 Å². The molecule has 2 heteroatoms. The second-order valence-electron chi connectivity index (χ2n) is 8.45. The van der Waals surface area contributed by atoms with Gasteiger partial charge in [0.2, 0.25) is 0 Å². The van der Waals surface area contributed by atoms with Crippen molar-refractivity contribution in [3.8, 4) is 0 Å². The van der Waals surface area contributed by atoms with Crippen LogP contribution in [0.3, 0.4) is 0 Å². The summed E-state index contributed by atoms with van der Waals surface area (Å²) in [5.74, 6) is 1.52. The van der Waals surface area contributed by atoms with Crippen LogP contribution in [-0.2, 0) is 0 Å². The number of rotatable bonds is 4. The van der Waals surface area contributed by atoms with E-state index in [-0.39, 0.29) is 15.8 Å². The molecule has 0 N–H and O–H groups in total. The first-order valence-corrected chi connectivity index (χ1v) is 12.5. The highest BCUT2D eigenvalue weighted by atomic mass is 31.1. The summed E-state index contributed by atoms with van der Waals surface area (Å²) in [5, 5.41) is 3.93. The molecule has 0 spiro atoms. The lowest BCUT2D eigenvalue weighted by molar-refractivity contribution is 0.747. The Kier molecular flexibility index (Phi) is 6.59. The van der Waals surface area contributed by atoms with Crippen LogP contribution in [0.25, 0.3) is 0 Å². The molecule has 0 aliphatic carbocycles. The van der Waals surface area contributed by atoms with Crippen LogP contribution in [0.2, 0.25) is 0 Å². The zero-order chi connectivity index (χ0) is 16.6. The lowest BCUT2D eigenvalue weighted by Crippen LogP contribution is -2.13. The van der Waals surface area contributed by atoms with Crippen molar-refractivity contribution in [2.45, 2.75) is 104 Å². The van der Waals surface area contributed by atoms with Gasteiger partial charge >= 0.3 is 0 Å². The molecule has 0 amide bonds. The standard InChI is InChI=1S/C20H38P2/c1-13(2)19(21-15(5)9-10-16(21)6)20(14(3)4)22-17(7)11-12-18(22)8/h13-18H,9-12H2,1-8H3/t15-,16-,17-,18-/m1/s1. The maximum atomic E-state index is 2.55. The zero-order valence-electron chi connectivity index (χ0n) is 16.2. The first kappa shape index (κ1) is 18.9. The van der Waals surface area contributed by atoms with Crippen LogP contribution in [0, 0.1) is 11.8 Å². The molecule has 2 fully saturated rings. The Morgan fingerprint density at radius 1 is 0.591 bits per heavy atom. The van der Waals surface area contributed by atoms with Crippen molar-refractivity contribution < 1.29 is 0 Å². The molecule has 0 nitrogen and oxygen atoms in total. The van der Waals surface area contributed by atoms with Gasteiger partial charge in [-0.3, -0.25) is 0 Å². The molecule has 2 aliphatic heterocycles. The Hall–Kier alpha value is 0.600. The van der Waals surface area contributed by atoms with E-state index < -0.39 is 0 Å². The van der Waals surface area contributed by atoms with E-state index in [9.17, 15) is 0 Å². The largest absolute Gasteiger partial charge is 0.0733 e. The maximum Gasteiger partial charge on any atom is -0.0198 e. The van der Waals surface area contributed by atoms with Gasteiger partial charge in [0.15, 0.2) is 0 Å². The zero-order valence-corrected chi connectivity index (χ0v) is 18.0. The molecule has 22 heavy (non-hydrogen) atoms. The molecule has 0 aromatic rings. The predicted octanol–water partition coefficient (Wildman–Crippen LogP) is 7.62. The van der Waals surface area contributed by atoms with Gasteiger partial charge in [-0.25, -0.2) is 0 Å². The summed E-state index contributed by atoms with van der Waals surface area (Å²) in [6, 6.07) is 0. The van der Waals surface area contributed by atoms with Crippen LogP contribution < -0.4 is 0 Å². The minimum atomic E-state index is 0.0994. The molecule has 0 saturated carbocycles. The third-order valence-electron chi connectivity index (χ3n) is 5.82. The Morgan fingerprint density at radius 2 is 0.818 bits per heavy atom. The SMILES string of the molecule is CC(C)C(=C(C(C)C)P1[C@H](C)CC[C@H]1C)P1[C@H](C)CC[C@H]1C. The molecule has 0 radical (unpaired) electrons. The van der Waals surface area contributed by atoms with Crippen molar-refractivity contribution >= 4 is 15.8 Å². The number of allylic oxidation sites excluding steroid dienone is 2. The van der Waals surface area contributed by atoms with Crippen molar-refractivity contribution in [3.05, 3.63) is 10.6 Å². The van der Waals surface area contributed by atoms with Gasteiger partial charge in [0.25, 0.3) is 0 Å². The highest BCUT2D eigenvalue weighted by Gasteiger charge is 2.40. The van der Waals surface area contributed by atoms with Gasteiger partial charge < -0.3 is 0 Å². The monoisotopic (exact) mass is 340 g/mol. The molecule has 4 atom stereocenters. The average molecular weight is 340 g/mol. The Labute approximate surface area is 142 Å². The summed E-state index contributed by atoms with van der Waals surface area (Å²) in [4.78, 5) is 0. The Bertz CT molecular complexity index is 352. The summed E-state index contributed by atoms with van der Waals surface area (Å²) in [5.41, 5.74) is 3.83. The normalized spacial score (nSPS) is 35.7. The van der Waals surface area contributed by atoms with E-state index in [4.69, 9.17) is 0 Å². The van der Waals surface area contributed by atoms with Crippen LogP contribution in [0.5, 0.6) is 0 Å². The summed E-state index contributed by atoms with van der Waals surface area (Å²) in [7, 11) is 0.199. The fourth-order valence-electron chi connectivity index (χ4n) is 4.79. The second kappa shape index (κ2) is 7.66. The van der Waals surface area contributed by atoms with Crippen LogP contribution in [0.4, 0.5) is 0 Å². The van der Waals surface area contributed by atoms with Crippen LogP contribution in [-0.4, -0.2) is 22.6 Å². The van der Waals surface area contributed by atoms with Crippen molar-refractivity contribution in [1.82, 2.24) is 0 Å². The van der Waals surface area contributed by atoms with E-state index >= 15 is 0 Å². The van der Waals surface area contributed by atoms with E-state index in [1.807, 2.05) is 10.6 Å². The molecule has 128 valence electrons. The molecular weight excluding hydrogens is 302 g/mol. The minimum absolute atomic E-state index is 0.0994. The summed E-state index contributed by atoms with van der Waals surface area (Å²) in [6.07, 6.45) is 5.88. The smallest absolute Gasteiger partial charge is 0.0198 e. The third-order valence-corrected chi connectivity index (χ3v) is 13.5. The summed E-state index contributed by atoms with van der Waals surface area (Å²) in [6.45, 7) is 20.1. The quantitative estimate of drug-likeness (QED) is 0.462. The maximum absolute atomic E-state index is 2.55. The fraction of sp³-hybridized carbons (Fsp3) is 0.900. The molecule has 2 saturated heterocycles. The minimum Gasteiger partial charge on any atom is -0.0733 e. The first-order chi connectivity index (χ1) is 10.3. The lowest BCUT2D eigenvalue weighted by Gasteiger charge is -2.37. The van der Waals surface area contributed by atoms with Gasteiger partial charge in [-0.1, -0.05) is 71.2 Å². The molecular formula is C20H38P2. The van der Waals surface area contributed by atoms with Gasteiger partial charge in [0.05, 0.1) is 0 Å². The van der Waals surface area contributed by atoms with Crippen molar-refractivity contribution in [2.24, 2.45) is 11.8 Å². The van der Waals surface area contributed by atoms with E-state index in [1.165, 1.54) is 25.7 Å². The van der Waals surface area contributed by atoms with Crippen LogP contribution in [0.15, 0.2) is 10.6 Å². The van der Waals surface area contributed by atoms with Crippen molar-refractivity contribution in [1.29, 1.82) is 0 Å². The molecule has 2 heterocycles. The highest BCUT2D eigenvalue weighted by molar-refractivity contribution is 7.68. The van der Waals surface area contributed by atoms with Gasteiger partial charge in [-0.05, 0) is 70.8 Å². The van der Waals surface area contributed by atoms with E-state index in [0.29, 0.717) is 0 Å². The molecule has 0 unspecified atom stereocenters. The number of hydrogen-bond donors (Lipinski definition) is 0. The van der Waals surface area contributed by atoms with Gasteiger partial charge in [-0.2, -0.15) is 0 Å². The Balaban J connectivity index is 2.53. The van der Waals surface area contributed by atoms with Gasteiger partial charge in [-0.15, -0.1) is 0 Å². The molecule has 0 aromatic heterocycles. The molecule has 0 bridgehead atoms. The van der Waals surface area contributed by atoms with E-state index in [2.05, 4.69) is 55.4 Å². The lowest BCUT2D eigenvalue weighted by atomic mass is 10.1. The number of hydrogen-bond acceptors (Lipinski definition) is 0. The van der Waals surface area contributed by atoms with E-state index in [0.717, 1.165) is 34.5 Å². The average Bonchev–Trinajstić information content (AvgIpc) is 2.91. The summed E-state index contributed by atoms with van der Waals surface area (Å²) >= 11 is 0. The molecule has 2 rings (SSSR count). The van der Waals surface area contributed by atoms with Crippen molar-refractivity contribution in [3.63, 3.8) is 0 Å². The molecule has 2 aliphatic rings. The van der Waals surface area contributed by atoms with E-state index in [1.54, 1.807) is 0 Å². The van der Waals surface area contributed by atoms with Crippen molar-refractivity contribution in [2.75, 3.05) is 0 Å². The molecule has 0 aromatic carbocycles. The van der Waals surface area contributed by atoms with Crippen LogP contribution >= 0.6 is 15.8 Å². The fourth-order valence-corrected chi connectivity index (χ4v) is 13.1. The first-order valence-electron chi connectivity index (χ1n) is 9.56. The summed E-state index contributed by atoms with van der Waals surface area (Å²) < 4.78 is 0. The second-order valence-corrected chi connectivity index (χ2v) is 14.6. The van der Waals surface area contributed by atoms with Crippen LogP contribution in [0.1, 0.15) is 81.1 Å². The predicted molar refractivity (Wildman–Crippen MR) is 107 cm³/mol. The van der Waals surface area contributed by atoms with Gasteiger partial charge in [0.1, 0.15) is 0 Å². The Morgan fingerprint density at radius 3 is 1.00 bits per heavy atom. The van der Waals surface area contributed by atoms with Gasteiger partial charge in [0, 0.05) is 0 Å².